The molecule has 2 saturated carbocycles. The summed E-state index contributed by atoms with van der Waals surface area (Å²) in [6.45, 7) is 20.4. The van der Waals surface area contributed by atoms with Gasteiger partial charge in [-0.05, 0) is 93.2 Å². The third-order valence-corrected chi connectivity index (χ3v) is 13.7. The summed E-state index contributed by atoms with van der Waals surface area (Å²) < 4.78 is 7.01. The first-order chi connectivity index (χ1) is 13.6. The van der Waals surface area contributed by atoms with Crippen LogP contribution in [0.4, 0.5) is 0 Å². The van der Waals surface area contributed by atoms with Crippen LogP contribution in [0.3, 0.4) is 0 Å². The largest absolute Gasteiger partial charge is 0.414 e. The molecule has 2 rings (SSSR count). The minimum absolute atomic E-state index is 0.0232. The molecule has 0 unspecified atom stereocenters. The molecule has 176 valence electrons. The first-order valence-corrected chi connectivity index (χ1v) is 15.3. The van der Waals surface area contributed by atoms with Gasteiger partial charge in [0.15, 0.2) is 8.32 Å². The van der Waals surface area contributed by atoms with E-state index >= 15 is 0 Å². The number of fused-ring (bicyclic) bond motifs is 1. The van der Waals surface area contributed by atoms with Crippen molar-refractivity contribution in [1.29, 1.82) is 0 Å². The van der Waals surface area contributed by atoms with Crippen LogP contribution in [0.25, 0.3) is 0 Å². The van der Waals surface area contributed by atoms with Gasteiger partial charge in [-0.1, -0.05) is 47.5 Å². The predicted molar refractivity (Wildman–Crippen MR) is 129 cm³/mol. The van der Waals surface area contributed by atoms with Crippen LogP contribution in [0.1, 0.15) is 106 Å². The molecular weight excluding hydrogens is 388 g/mol. The average Bonchev–Trinajstić information content (AvgIpc) is 2.91. The molecule has 0 saturated heterocycles. The third-order valence-electron chi connectivity index (χ3n) is 9.24. The molecule has 0 bridgehead atoms. The molecule has 0 radical (unpaired) electrons. The number of carbonyl (C=O) groups is 1. The van der Waals surface area contributed by atoms with Gasteiger partial charge in [-0.2, -0.15) is 0 Å². The van der Waals surface area contributed by atoms with Gasteiger partial charge in [0.25, 0.3) is 0 Å². The Morgan fingerprint density at radius 2 is 1.70 bits per heavy atom. The molecule has 0 aromatic heterocycles. The molecule has 0 heterocycles. The topological polar surface area (TPSA) is 46.5 Å². The lowest BCUT2D eigenvalue weighted by Gasteiger charge is -2.52. The second-order valence-corrected chi connectivity index (χ2v) is 18.0. The van der Waals surface area contributed by atoms with Crippen molar-refractivity contribution < 1.29 is 14.3 Å². The molecule has 0 aliphatic heterocycles. The molecule has 2 aliphatic rings. The molecule has 0 aromatic rings. The lowest BCUT2D eigenvalue weighted by molar-refractivity contribution is -0.112. The number of hydrogen-bond donors (Lipinski definition) is 1. The highest BCUT2D eigenvalue weighted by atomic mass is 28.4. The minimum atomic E-state index is -1.79. The van der Waals surface area contributed by atoms with Crippen LogP contribution in [-0.4, -0.2) is 31.4 Å². The SMILES string of the molecule is CC(C)(O)CCC[C@](C)(CC=O)[C@H]1CC[C@H]2[C@@H](O[Si](C)(C)C(C)(C)C)CCC[C@]12C. The summed E-state index contributed by atoms with van der Waals surface area (Å²) >= 11 is 0. The Bertz CT molecular complexity index is 588. The lowest BCUT2D eigenvalue weighted by Crippen LogP contribution is -2.51. The number of rotatable bonds is 9. The normalized spacial score (nSPS) is 32.5. The first-order valence-electron chi connectivity index (χ1n) is 12.4. The average molecular weight is 439 g/mol. The van der Waals surface area contributed by atoms with Gasteiger partial charge in [0.1, 0.15) is 6.29 Å². The first kappa shape index (κ1) is 26.1. The van der Waals surface area contributed by atoms with Crippen LogP contribution >= 0.6 is 0 Å². The lowest BCUT2D eigenvalue weighted by atomic mass is 9.56. The summed E-state index contributed by atoms with van der Waals surface area (Å²) in [5.74, 6) is 1.18. The maximum atomic E-state index is 11.7. The van der Waals surface area contributed by atoms with E-state index in [-0.39, 0.29) is 15.9 Å². The second-order valence-electron chi connectivity index (χ2n) is 13.2. The van der Waals surface area contributed by atoms with Crippen molar-refractivity contribution in [2.24, 2.45) is 22.7 Å². The van der Waals surface area contributed by atoms with E-state index in [0.717, 1.165) is 25.5 Å². The van der Waals surface area contributed by atoms with E-state index in [0.29, 0.717) is 24.4 Å². The smallest absolute Gasteiger partial charge is 0.192 e. The maximum Gasteiger partial charge on any atom is 0.192 e. The highest BCUT2D eigenvalue weighted by Gasteiger charge is 2.57. The summed E-state index contributed by atoms with van der Waals surface area (Å²) in [5.41, 5.74) is -0.343. The van der Waals surface area contributed by atoms with E-state index in [4.69, 9.17) is 4.43 Å². The summed E-state index contributed by atoms with van der Waals surface area (Å²) in [4.78, 5) is 11.7. The number of aldehydes is 1. The highest BCUT2D eigenvalue weighted by molar-refractivity contribution is 6.74. The third kappa shape index (κ3) is 5.59. The summed E-state index contributed by atoms with van der Waals surface area (Å²) in [6.07, 6.45) is 11.1. The monoisotopic (exact) mass is 438 g/mol. The van der Waals surface area contributed by atoms with Gasteiger partial charge in [-0.3, -0.25) is 0 Å². The summed E-state index contributed by atoms with van der Waals surface area (Å²) in [7, 11) is -1.79. The molecule has 0 aromatic carbocycles. The number of aliphatic hydroxyl groups is 1. The van der Waals surface area contributed by atoms with E-state index in [2.05, 4.69) is 47.7 Å². The Morgan fingerprint density at radius 3 is 2.23 bits per heavy atom. The predicted octanol–water partition coefficient (Wildman–Crippen LogP) is 7.13. The summed E-state index contributed by atoms with van der Waals surface area (Å²) in [6, 6.07) is 0. The zero-order valence-corrected chi connectivity index (χ0v) is 22.4. The zero-order valence-electron chi connectivity index (χ0n) is 21.4. The second kappa shape index (κ2) is 8.98. The minimum Gasteiger partial charge on any atom is -0.414 e. The standard InChI is InChI=1S/C26H50O3Si/c1-23(2,3)30(8,9)29-21-12-10-17-26(7)20(21)13-14-22(26)25(6,18-19-27)16-11-15-24(4,5)28/h19-22,28H,10-18H2,1-9H3/t20-,21-,22+,25+,26-/m0/s1. The van der Waals surface area contributed by atoms with E-state index in [9.17, 15) is 9.90 Å². The van der Waals surface area contributed by atoms with Crippen molar-refractivity contribution in [3.8, 4) is 0 Å². The van der Waals surface area contributed by atoms with Gasteiger partial charge in [0, 0.05) is 12.5 Å². The van der Waals surface area contributed by atoms with Gasteiger partial charge >= 0.3 is 0 Å². The summed E-state index contributed by atoms with van der Waals surface area (Å²) in [5, 5.41) is 10.4. The van der Waals surface area contributed by atoms with Crippen LogP contribution in [0.15, 0.2) is 0 Å². The molecule has 2 fully saturated rings. The quantitative estimate of drug-likeness (QED) is 0.307. The zero-order chi connectivity index (χ0) is 23.0. The van der Waals surface area contributed by atoms with Gasteiger partial charge in [-0.15, -0.1) is 0 Å². The Kier molecular flexibility index (Phi) is 7.80. The van der Waals surface area contributed by atoms with Crippen LogP contribution in [-0.2, 0) is 9.22 Å². The molecule has 0 spiro atoms. The van der Waals surface area contributed by atoms with Crippen molar-refractivity contribution in [1.82, 2.24) is 0 Å². The van der Waals surface area contributed by atoms with E-state index in [1.807, 2.05) is 13.8 Å². The maximum absolute atomic E-state index is 11.7. The van der Waals surface area contributed by atoms with Crippen molar-refractivity contribution >= 4 is 14.6 Å². The van der Waals surface area contributed by atoms with Crippen LogP contribution in [0, 0.1) is 22.7 Å². The Labute approximate surface area is 187 Å². The van der Waals surface area contributed by atoms with Crippen molar-refractivity contribution in [2.75, 3.05) is 0 Å². The van der Waals surface area contributed by atoms with Gasteiger partial charge in [0.05, 0.1) is 5.60 Å². The molecule has 4 heteroatoms. The van der Waals surface area contributed by atoms with Crippen LogP contribution < -0.4 is 0 Å². The van der Waals surface area contributed by atoms with Crippen LogP contribution in [0.5, 0.6) is 0 Å². The fraction of sp³-hybridized carbons (Fsp3) is 0.962. The molecule has 30 heavy (non-hydrogen) atoms. The van der Waals surface area contributed by atoms with E-state index in [1.165, 1.54) is 32.1 Å². The van der Waals surface area contributed by atoms with Gasteiger partial charge in [-0.25, -0.2) is 0 Å². The van der Waals surface area contributed by atoms with Crippen molar-refractivity contribution in [3.63, 3.8) is 0 Å². The fourth-order valence-electron chi connectivity index (χ4n) is 6.49. The Balaban J connectivity index is 2.22. The van der Waals surface area contributed by atoms with Crippen LogP contribution in [0.2, 0.25) is 18.1 Å². The Morgan fingerprint density at radius 1 is 1.07 bits per heavy atom. The van der Waals surface area contributed by atoms with E-state index < -0.39 is 13.9 Å². The molecule has 3 nitrogen and oxygen atoms in total. The molecule has 0 amide bonds. The Hall–Kier alpha value is -0.193. The molecule has 2 aliphatic carbocycles. The number of carbonyl (C=O) groups excluding carboxylic acids is 1. The van der Waals surface area contributed by atoms with Crippen molar-refractivity contribution in [3.05, 3.63) is 0 Å². The molecule has 1 N–H and O–H groups in total. The highest BCUT2D eigenvalue weighted by Crippen LogP contribution is 2.63. The number of hydrogen-bond acceptors (Lipinski definition) is 3. The molecular formula is C26H50O3Si. The van der Waals surface area contributed by atoms with Gasteiger partial charge in [0.2, 0.25) is 0 Å². The fourth-order valence-corrected chi connectivity index (χ4v) is 7.89. The van der Waals surface area contributed by atoms with Gasteiger partial charge < -0.3 is 14.3 Å². The molecule has 5 atom stereocenters. The van der Waals surface area contributed by atoms with E-state index in [1.54, 1.807) is 0 Å². The van der Waals surface area contributed by atoms with Crippen molar-refractivity contribution in [2.45, 2.75) is 136 Å².